The third kappa shape index (κ3) is 3.57. The van der Waals surface area contributed by atoms with Gasteiger partial charge in [0, 0.05) is 10.9 Å². The lowest BCUT2D eigenvalue weighted by Gasteiger charge is -2.30. The number of likely N-dealkylation sites (N-methyl/N-ethyl adjacent to an activating group) is 1. The van der Waals surface area contributed by atoms with Gasteiger partial charge < -0.3 is 5.32 Å². The fraction of sp³-hybridized carbons (Fsp3) is 0.692. The molecule has 1 aromatic rings. The van der Waals surface area contributed by atoms with Crippen molar-refractivity contribution in [2.75, 3.05) is 6.54 Å². The van der Waals surface area contributed by atoms with Crippen molar-refractivity contribution in [1.29, 1.82) is 0 Å². The Bertz CT molecular complexity index is 319. The molecule has 1 unspecified atom stereocenters. The number of hydrogen-bond donors (Lipinski definition) is 1. The van der Waals surface area contributed by atoms with Gasteiger partial charge >= 0.3 is 0 Å². The minimum atomic E-state index is 0.681. The van der Waals surface area contributed by atoms with E-state index in [1.807, 2.05) is 11.3 Å². The van der Waals surface area contributed by atoms with Gasteiger partial charge in [-0.15, -0.1) is 11.3 Å². The van der Waals surface area contributed by atoms with Gasteiger partial charge in [0.2, 0.25) is 0 Å². The summed E-state index contributed by atoms with van der Waals surface area (Å²) < 4.78 is 1.25. The van der Waals surface area contributed by atoms with Gasteiger partial charge in [0.1, 0.15) is 0 Å². The first kappa shape index (κ1) is 12.6. The molecule has 3 heteroatoms. The normalized spacial score (nSPS) is 18.4. The van der Waals surface area contributed by atoms with Crippen molar-refractivity contribution in [3.8, 4) is 0 Å². The molecular formula is C13H20BrNS. The molecule has 1 aromatic heterocycles. The van der Waals surface area contributed by atoms with Crippen LogP contribution in [0, 0.1) is 5.92 Å². The molecule has 1 saturated carbocycles. The molecule has 1 heterocycles. The van der Waals surface area contributed by atoms with Crippen LogP contribution in [0.2, 0.25) is 0 Å². The number of hydrogen-bond acceptors (Lipinski definition) is 2. The Morgan fingerprint density at radius 3 is 2.81 bits per heavy atom. The monoisotopic (exact) mass is 301 g/mol. The molecule has 1 atom stereocenters. The zero-order valence-electron chi connectivity index (χ0n) is 9.84. The number of thiophene rings is 1. The van der Waals surface area contributed by atoms with Crippen molar-refractivity contribution < 1.29 is 0 Å². The largest absolute Gasteiger partial charge is 0.314 e. The van der Waals surface area contributed by atoms with E-state index in [4.69, 9.17) is 0 Å². The molecule has 16 heavy (non-hydrogen) atoms. The van der Waals surface area contributed by atoms with Crippen LogP contribution in [0.4, 0.5) is 0 Å². The Kier molecular flexibility index (Phi) is 4.86. The highest BCUT2D eigenvalue weighted by atomic mass is 79.9. The summed E-state index contributed by atoms with van der Waals surface area (Å²) in [4.78, 5) is 1.50. The summed E-state index contributed by atoms with van der Waals surface area (Å²) in [7, 11) is 0. The smallest absolute Gasteiger partial charge is 0.0701 e. The summed E-state index contributed by atoms with van der Waals surface area (Å²) in [5.41, 5.74) is 0. The van der Waals surface area contributed by atoms with Gasteiger partial charge in [0.25, 0.3) is 0 Å². The van der Waals surface area contributed by atoms with Gasteiger partial charge in [0.15, 0.2) is 0 Å². The van der Waals surface area contributed by atoms with Crippen molar-refractivity contribution in [3.05, 3.63) is 20.8 Å². The van der Waals surface area contributed by atoms with Gasteiger partial charge in [-0.05, 0) is 53.4 Å². The maximum absolute atomic E-state index is 3.63. The molecule has 0 amide bonds. The van der Waals surface area contributed by atoms with Crippen LogP contribution < -0.4 is 5.32 Å². The van der Waals surface area contributed by atoms with E-state index in [0.717, 1.165) is 12.5 Å². The molecule has 2 rings (SSSR count). The van der Waals surface area contributed by atoms with Crippen LogP contribution in [0.1, 0.15) is 37.5 Å². The fourth-order valence-electron chi connectivity index (χ4n) is 2.36. The van der Waals surface area contributed by atoms with Crippen LogP contribution >= 0.6 is 27.3 Å². The summed E-state index contributed by atoms with van der Waals surface area (Å²) in [6.07, 6.45) is 6.92. The first-order valence-electron chi connectivity index (χ1n) is 6.25. The maximum Gasteiger partial charge on any atom is 0.0701 e. The highest BCUT2D eigenvalue weighted by Gasteiger charge is 2.22. The highest BCUT2D eigenvalue weighted by Crippen LogP contribution is 2.32. The lowest BCUT2D eigenvalue weighted by molar-refractivity contribution is 0.260. The van der Waals surface area contributed by atoms with Crippen LogP contribution in [0.5, 0.6) is 0 Å². The molecule has 1 nitrogen and oxygen atoms in total. The van der Waals surface area contributed by atoms with Crippen molar-refractivity contribution in [2.45, 2.75) is 45.1 Å². The predicted molar refractivity (Wildman–Crippen MR) is 75.1 cm³/mol. The molecule has 0 aliphatic heterocycles. The van der Waals surface area contributed by atoms with Crippen molar-refractivity contribution in [2.24, 2.45) is 5.92 Å². The molecule has 1 fully saturated rings. The topological polar surface area (TPSA) is 12.0 Å². The number of halogens is 1. The first-order chi connectivity index (χ1) is 7.78. The van der Waals surface area contributed by atoms with Crippen molar-refractivity contribution in [3.63, 3.8) is 0 Å². The standard InChI is InChI=1S/C13H20BrNS/c1-2-15-11(8-10-4-3-5-10)9-12-6-7-13(14)16-12/h6-7,10-11,15H,2-5,8-9H2,1H3. The van der Waals surface area contributed by atoms with Crippen molar-refractivity contribution in [1.82, 2.24) is 5.32 Å². The van der Waals surface area contributed by atoms with Crippen LogP contribution in [-0.4, -0.2) is 12.6 Å². The Hall–Kier alpha value is 0.140. The Balaban J connectivity index is 1.85. The molecular weight excluding hydrogens is 282 g/mol. The molecule has 0 saturated heterocycles. The van der Waals surface area contributed by atoms with E-state index in [0.29, 0.717) is 6.04 Å². The quantitative estimate of drug-likeness (QED) is 0.829. The minimum absolute atomic E-state index is 0.681. The molecule has 0 radical (unpaired) electrons. The number of rotatable bonds is 6. The lowest BCUT2D eigenvalue weighted by atomic mass is 9.80. The summed E-state index contributed by atoms with van der Waals surface area (Å²) in [5.74, 6) is 0.993. The van der Waals surface area contributed by atoms with Crippen LogP contribution in [0.25, 0.3) is 0 Å². The third-order valence-corrected chi connectivity index (χ3v) is 5.06. The molecule has 1 N–H and O–H groups in total. The first-order valence-corrected chi connectivity index (χ1v) is 7.86. The average Bonchev–Trinajstić information content (AvgIpc) is 2.58. The van der Waals surface area contributed by atoms with Crippen LogP contribution in [0.3, 0.4) is 0 Å². The second-order valence-corrected chi connectivity index (χ2v) is 7.24. The molecule has 0 spiro atoms. The van der Waals surface area contributed by atoms with E-state index in [-0.39, 0.29) is 0 Å². The summed E-state index contributed by atoms with van der Waals surface area (Å²) in [5, 5.41) is 3.63. The second-order valence-electron chi connectivity index (χ2n) is 4.70. The molecule has 0 aromatic carbocycles. The second kappa shape index (κ2) is 6.18. The Morgan fingerprint density at radius 1 is 1.50 bits per heavy atom. The maximum atomic E-state index is 3.63. The van der Waals surface area contributed by atoms with E-state index in [9.17, 15) is 0 Å². The molecule has 0 bridgehead atoms. The van der Waals surface area contributed by atoms with E-state index in [1.165, 1.54) is 40.8 Å². The number of nitrogens with one attached hydrogen (secondary N) is 1. The summed E-state index contributed by atoms with van der Waals surface area (Å²) >= 11 is 5.41. The van der Waals surface area contributed by atoms with Gasteiger partial charge in [-0.3, -0.25) is 0 Å². The van der Waals surface area contributed by atoms with Gasteiger partial charge in [-0.25, -0.2) is 0 Å². The van der Waals surface area contributed by atoms with Gasteiger partial charge in [-0.2, -0.15) is 0 Å². The summed E-state index contributed by atoms with van der Waals surface area (Å²) in [6.45, 7) is 3.29. The predicted octanol–water partition coefficient (Wildman–Crippen LogP) is 4.22. The van der Waals surface area contributed by atoms with Crippen LogP contribution in [0.15, 0.2) is 15.9 Å². The Morgan fingerprint density at radius 2 is 2.31 bits per heavy atom. The lowest BCUT2D eigenvalue weighted by Crippen LogP contribution is -2.34. The van der Waals surface area contributed by atoms with E-state index in [1.54, 1.807) is 0 Å². The SMILES string of the molecule is CCNC(Cc1ccc(Br)s1)CC1CCC1. The highest BCUT2D eigenvalue weighted by molar-refractivity contribution is 9.11. The summed E-state index contributed by atoms with van der Waals surface area (Å²) in [6, 6.07) is 5.09. The van der Waals surface area contributed by atoms with E-state index >= 15 is 0 Å². The molecule has 1 aliphatic carbocycles. The van der Waals surface area contributed by atoms with Gasteiger partial charge in [-0.1, -0.05) is 26.2 Å². The van der Waals surface area contributed by atoms with Crippen LogP contribution in [-0.2, 0) is 6.42 Å². The zero-order valence-corrected chi connectivity index (χ0v) is 12.2. The van der Waals surface area contributed by atoms with E-state index in [2.05, 4.69) is 40.3 Å². The molecule has 1 aliphatic rings. The van der Waals surface area contributed by atoms with Gasteiger partial charge in [0.05, 0.1) is 3.79 Å². The van der Waals surface area contributed by atoms with Crippen molar-refractivity contribution >= 4 is 27.3 Å². The third-order valence-electron chi connectivity index (χ3n) is 3.41. The van der Waals surface area contributed by atoms with E-state index < -0.39 is 0 Å². The zero-order chi connectivity index (χ0) is 11.4. The molecule has 90 valence electrons. The minimum Gasteiger partial charge on any atom is -0.314 e. The Labute approximate surface area is 111 Å². The average molecular weight is 302 g/mol. The fourth-order valence-corrected chi connectivity index (χ4v) is 3.93.